The van der Waals surface area contributed by atoms with E-state index >= 15 is 0 Å². The predicted octanol–water partition coefficient (Wildman–Crippen LogP) is 2.75. The molecular weight excluding hydrogens is 292 g/mol. The fourth-order valence-electron chi connectivity index (χ4n) is 2.45. The number of hydrogen-bond donors (Lipinski definition) is 0. The molecule has 6 heteroatoms. The van der Waals surface area contributed by atoms with Crippen LogP contribution in [0.2, 0.25) is 0 Å². The van der Waals surface area contributed by atoms with E-state index in [9.17, 15) is 0 Å². The Balaban J connectivity index is 1.97. The summed E-state index contributed by atoms with van der Waals surface area (Å²) in [7, 11) is 1.96. The summed E-state index contributed by atoms with van der Waals surface area (Å²) in [6.45, 7) is 5.68. The lowest BCUT2D eigenvalue weighted by Gasteiger charge is -2.10. The lowest BCUT2D eigenvalue weighted by molar-refractivity contribution is 0.110. The average molecular weight is 312 g/mol. The highest BCUT2D eigenvalue weighted by molar-refractivity contribution is 5.79. The highest BCUT2D eigenvalue weighted by atomic mass is 16.5. The second-order valence-corrected chi connectivity index (χ2v) is 5.27. The normalized spacial score (nSPS) is 11.1. The van der Waals surface area contributed by atoms with Crippen LogP contribution in [0.25, 0.3) is 22.6 Å². The van der Waals surface area contributed by atoms with Crippen molar-refractivity contribution in [2.45, 2.75) is 13.8 Å². The lowest BCUT2D eigenvalue weighted by Crippen LogP contribution is -2.07. The molecule has 3 heterocycles. The summed E-state index contributed by atoms with van der Waals surface area (Å²) in [5, 5.41) is 0. The second-order valence-electron chi connectivity index (χ2n) is 5.27. The van der Waals surface area contributed by atoms with E-state index in [2.05, 4.69) is 9.97 Å². The number of hydrogen-bond acceptors (Lipinski definition) is 5. The van der Waals surface area contributed by atoms with Gasteiger partial charge in [0.25, 0.3) is 0 Å². The molecule has 23 heavy (non-hydrogen) atoms. The maximum Gasteiger partial charge on any atom is 0.160 e. The summed E-state index contributed by atoms with van der Waals surface area (Å²) < 4.78 is 13.1. The van der Waals surface area contributed by atoms with E-state index in [1.54, 1.807) is 12.4 Å². The summed E-state index contributed by atoms with van der Waals surface area (Å²) in [5.41, 5.74) is 3.71. The Morgan fingerprint density at radius 2 is 2.09 bits per heavy atom. The molecule has 0 bridgehead atoms. The Kier molecular flexibility index (Phi) is 4.52. The van der Waals surface area contributed by atoms with Crippen LogP contribution in [0.5, 0.6) is 5.75 Å². The molecule has 0 atom stereocenters. The van der Waals surface area contributed by atoms with Gasteiger partial charge in [-0.15, -0.1) is 0 Å². The number of nitrogens with zero attached hydrogens (tertiary/aromatic N) is 4. The van der Waals surface area contributed by atoms with E-state index in [0.717, 1.165) is 28.1 Å². The Labute approximate surface area is 135 Å². The molecule has 3 aromatic rings. The van der Waals surface area contributed by atoms with Crippen molar-refractivity contribution in [3.63, 3.8) is 0 Å². The third-order valence-electron chi connectivity index (χ3n) is 3.56. The SMILES string of the molecule is CCOCCOc1cnccc1-c1nc2cc(C)cnc2n1C. The smallest absolute Gasteiger partial charge is 0.160 e. The molecule has 3 aromatic heterocycles. The van der Waals surface area contributed by atoms with Crippen molar-refractivity contribution in [1.29, 1.82) is 0 Å². The molecule has 0 radical (unpaired) electrons. The fourth-order valence-corrected chi connectivity index (χ4v) is 2.45. The molecule has 0 unspecified atom stereocenters. The van der Waals surface area contributed by atoms with Crippen LogP contribution in [0.4, 0.5) is 0 Å². The first-order valence-corrected chi connectivity index (χ1v) is 7.64. The Bertz CT molecular complexity index is 813. The van der Waals surface area contributed by atoms with Crippen molar-refractivity contribution in [2.75, 3.05) is 19.8 Å². The molecule has 0 saturated heterocycles. The summed E-state index contributed by atoms with van der Waals surface area (Å²) >= 11 is 0. The molecule has 0 aromatic carbocycles. The molecule has 0 aliphatic rings. The summed E-state index contributed by atoms with van der Waals surface area (Å²) in [6, 6.07) is 3.94. The molecule has 6 nitrogen and oxygen atoms in total. The van der Waals surface area contributed by atoms with E-state index in [1.165, 1.54) is 0 Å². The van der Waals surface area contributed by atoms with E-state index in [0.29, 0.717) is 25.6 Å². The number of pyridine rings is 2. The molecular formula is C17H20N4O2. The van der Waals surface area contributed by atoms with Crippen molar-refractivity contribution in [3.8, 4) is 17.1 Å². The Morgan fingerprint density at radius 3 is 2.91 bits per heavy atom. The van der Waals surface area contributed by atoms with Crippen molar-refractivity contribution in [3.05, 3.63) is 36.3 Å². The van der Waals surface area contributed by atoms with Crippen LogP contribution in [0, 0.1) is 6.92 Å². The molecule has 0 aliphatic carbocycles. The van der Waals surface area contributed by atoms with Gasteiger partial charge in [0, 0.05) is 26.0 Å². The number of fused-ring (bicyclic) bond motifs is 1. The van der Waals surface area contributed by atoms with Gasteiger partial charge in [0.15, 0.2) is 5.65 Å². The van der Waals surface area contributed by atoms with Crippen LogP contribution in [0.3, 0.4) is 0 Å². The fraction of sp³-hybridized carbons (Fsp3) is 0.353. The summed E-state index contributed by atoms with van der Waals surface area (Å²) in [4.78, 5) is 13.3. The topological polar surface area (TPSA) is 62.1 Å². The first-order valence-electron chi connectivity index (χ1n) is 7.64. The molecule has 0 aliphatic heterocycles. The third-order valence-corrected chi connectivity index (χ3v) is 3.56. The van der Waals surface area contributed by atoms with Crippen molar-refractivity contribution in [2.24, 2.45) is 7.05 Å². The van der Waals surface area contributed by atoms with E-state index < -0.39 is 0 Å². The number of rotatable bonds is 6. The van der Waals surface area contributed by atoms with Crippen molar-refractivity contribution in [1.82, 2.24) is 19.5 Å². The van der Waals surface area contributed by atoms with Crippen molar-refractivity contribution >= 4 is 11.2 Å². The van der Waals surface area contributed by atoms with E-state index in [1.807, 2.05) is 43.8 Å². The molecule has 0 amide bonds. The number of aryl methyl sites for hydroxylation is 2. The van der Waals surface area contributed by atoms with Gasteiger partial charge < -0.3 is 14.0 Å². The Morgan fingerprint density at radius 1 is 1.22 bits per heavy atom. The number of aromatic nitrogens is 4. The van der Waals surface area contributed by atoms with Crippen LogP contribution in [0.15, 0.2) is 30.7 Å². The average Bonchev–Trinajstić information content (AvgIpc) is 2.88. The van der Waals surface area contributed by atoms with Gasteiger partial charge in [-0.1, -0.05) is 0 Å². The molecule has 0 N–H and O–H groups in total. The molecule has 0 fully saturated rings. The van der Waals surface area contributed by atoms with Crippen LogP contribution < -0.4 is 4.74 Å². The first-order chi connectivity index (χ1) is 11.2. The standard InChI is InChI=1S/C17H20N4O2/c1-4-22-7-8-23-15-11-18-6-5-13(15)16-20-14-9-12(2)10-19-17(14)21(16)3/h5-6,9-11H,4,7-8H2,1-3H3. The Hall–Kier alpha value is -2.47. The minimum absolute atomic E-state index is 0.480. The van der Waals surface area contributed by atoms with Gasteiger partial charge in [-0.25, -0.2) is 9.97 Å². The van der Waals surface area contributed by atoms with E-state index in [4.69, 9.17) is 14.5 Å². The van der Waals surface area contributed by atoms with Gasteiger partial charge in [0.1, 0.15) is 23.7 Å². The molecule has 0 spiro atoms. The van der Waals surface area contributed by atoms with Crippen LogP contribution in [-0.2, 0) is 11.8 Å². The van der Waals surface area contributed by atoms with Gasteiger partial charge in [0.2, 0.25) is 0 Å². The maximum absolute atomic E-state index is 5.81. The second kappa shape index (κ2) is 6.75. The van der Waals surface area contributed by atoms with Gasteiger partial charge in [-0.2, -0.15) is 0 Å². The van der Waals surface area contributed by atoms with Crippen LogP contribution in [-0.4, -0.2) is 39.3 Å². The third kappa shape index (κ3) is 3.17. The van der Waals surface area contributed by atoms with Gasteiger partial charge in [-0.3, -0.25) is 4.98 Å². The quantitative estimate of drug-likeness (QED) is 0.655. The maximum atomic E-state index is 5.81. The zero-order valence-electron chi connectivity index (χ0n) is 13.6. The number of imidazole rings is 1. The minimum Gasteiger partial charge on any atom is -0.489 e. The van der Waals surface area contributed by atoms with E-state index in [-0.39, 0.29) is 0 Å². The highest BCUT2D eigenvalue weighted by Gasteiger charge is 2.15. The summed E-state index contributed by atoms with van der Waals surface area (Å²) in [5.74, 6) is 1.51. The zero-order chi connectivity index (χ0) is 16.2. The zero-order valence-corrected chi connectivity index (χ0v) is 13.6. The molecule has 120 valence electrons. The number of ether oxygens (including phenoxy) is 2. The van der Waals surface area contributed by atoms with Gasteiger partial charge in [0.05, 0.1) is 18.4 Å². The van der Waals surface area contributed by atoms with Gasteiger partial charge >= 0.3 is 0 Å². The van der Waals surface area contributed by atoms with Gasteiger partial charge in [-0.05, 0) is 31.5 Å². The minimum atomic E-state index is 0.480. The van der Waals surface area contributed by atoms with Crippen molar-refractivity contribution < 1.29 is 9.47 Å². The summed E-state index contributed by atoms with van der Waals surface area (Å²) in [6.07, 6.45) is 5.29. The first kappa shape index (κ1) is 15.4. The molecule has 3 rings (SSSR count). The monoisotopic (exact) mass is 312 g/mol. The highest BCUT2D eigenvalue weighted by Crippen LogP contribution is 2.30. The van der Waals surface area contributed by atoms with Crippen LogP contribution >= 0.6 is 0 Å². The molecule has 0 saturated carbocycles. The largest absolute Gasteiger partial charge is 0.489 e. The lowest BCUT2D eigenvalue weighted by atomic mass is 10.2. The van der Waals surface area contributed by atoms with Crippen LogP contribution in [0.1, 0.15) is 12.5 Å². The predicted molar refractivity (Wildman–Crippen MR) is 88.5 cm³/mol.